The van der Waals surface area contributed by atoms with Crippen molar-refractivity contribution in [2.24, 2.45) is 0 Å². The zero-order valence-electron chi connectivity index (χ0n) is 16.2. The van der Waals surface area contributed by atoms with Gasteiger partial charge in [-0.05, 0) is 55.8 Å². The molecule has 5 nitrogen and oxygen atoms in total. The molecule has 0 bridgehead atoms. The Morgan fingerprint density at radius 2 is 1.64 bits per heavy atom. The van der Waals surface area contributed by atoms with E-state index in [1.807, 2.05) is 43.1 Å². The molecule has 0 aliphatic heterocycles. The Balaban J connectivity index is 1.68. The zero-order chi connectivity index (χ0) is 20.4. The molecule has 0 unspecified atom stereocenters. The lowest BCUT2D eigenvalue weighted by Gasteiger charge is -2.16. The molecule has 0 aromatic heterocycles. The highest BCUT2D eigenvalue weighted by Gasteiger charge is 2.08. The molecule has 0 saturated heterocycles. The Hall–Kier alpha value is -2.67. The summed E-state index contributed by atoms with van der Waals surface area (Å²) in [5, 5.41) is 2.87. The first-order chi connectivity index (χ1) is 13.5. The van der Waals surface area contributed by atoms with Crippen molar-refractivity contribution in [2.75, 3.05) is 26.7 Å². The number of amides is 1. The number of nitrogens with zero attached hydrogens (tertiary/aromatic N) is 1. The van der Waals surface area contributed by atoms with E-state index < -0.39 is 6.61 Å². The number of hydrogen-bond donors (Lipinski definition) is 1. The summed E-state index contributed by atoms with van der Waals surface area (Å²) in [5.41, 5.74) is 2.04. The second-order valence-electron chi connectivity index (χ2n) is 6.37. The summed E-state index contributed by atoms with van der Waals surface area (Å²) in [6.45, 7) is 1.17. The number of hydrogen-bond acceptors (Lipinski definition) is 4. The summed E-state index contributed by atoms with van der Waals surface area (Å²) >= 11 is 0. The smallest absolute Gasteiger partial charge is 0.387 e. The third-order valence-corrected chi connectivity index (χ3v) is 3.98. The van der Waals surface area contributed by atoms with Crippen LogP contribution in [0.1, 0.15) is 18.1 Å². The van der Waals surface area contributed by atoms with Crippen molar-refractivity contribution in [3.05, 3.63) is 59.7 Å². The molecule has 1 amide bonds. The molecule has 28 heavy (non-hydrogen) atoms. The number of carbonyl (C=O) groups excluding carboxylic acids is 1. The van der Waals surface area contributed by atoms with Gasteiger partial charge in [-0.3, -0.25) is 9.69 Å². The van der Waals surface area contributed by atoms with Gasteiger partial charge in [0, 0.05) is 13.1 Å². The molecule has 0 fully saturated rings. The van der Waals surface area contributed by atoms with Gasteiger partial charge in [-0.1, -0.05) is 24.3 Å². The highest BCUT2D eigenvalue weighted by Crippen LogP contribution is 2.15. The first kappa shape index (κ1) is 21.6. The molecule has 0 saturated carbocycles. The summed E-state index contributed by atoms with van der Waals surface area (Å²) in [6.07, 6.45) is 0.614. The lowest BCUT2D eigenvalue weighted by Crippen LogP contribution is -2.35. The van der Waals surface area contributed by atoms with Gasteiger partial charge in [0.2, 0.25) is 5.91 Å². The van der Waals surface area contributed by atoms with Crippen LogP contribution in [0, 0.1) is 0 Å². The van der Waals surface area contributed by atoms with Crippen molar-refractivity contribution >= 4 is 5.91 Å². The average Bonchev–Trinajstić information content (AvgIpc) is 2.64. The van der Waals surface area contributed by atoms with E-state index in [0.717, 1.165) is 16.9 Å². The molecule has 0 aliphatic carbocycles. The number of halogens is 2. The van der Waals surface area contributed by atoms with Gasteiger partial charge in [-0.2, -0.15) is 8.78 Å². The number of alkyl halides is 2. The van der Waals surface area contributed by atoms with Crippen molar-refractivity contribution in [3.63, 3.8) is 0 Å². The quantitative estimate of drug-likeness (QED) is 0.636. The molecule has 0 atom stereocenters. The highest BCUT2D eigenvalue weighted by molar-refractivity contribution is 5.77. The third kappa shape index (κ3) is 7.92. The second-order valence-corrected chi connectivity index (χ2v) is 6.37. The normalized spacial score (nSPS) is 10.9. The van der Waals surface area contributed by atoms with Crippen LogP contribution in [-0.4, -0.2) is 44.2 Å². The molecule has 2 aromatic rings. The molecular formula is C21H26F2N2O3. The van der Waals surface area contributed by atoms with Crippen molar-refractivity contribution < 1.29 is 23.0 Å². The first-order valence-corrected chi connectivity index (χ1v) is 9.17. The van der Waals surface area contributed by atoms with Gasteiger partial charge in [0.1, 0.15) is 11.5 Å². The Kier molecular flexibility index (Phi) is 8.68. The van der Waals surface area contributed by atoms with Crippen LogP contribution in [0.3, 0.4) is 0 Å². The molecule has 0 radical (unpaired) electrons. The molecule has 7 heteroatoms. The molecule has 1 N–H and O–H groups in total. The van der Waals surface area contributed by atoms with E-state index in [1.54, 1.807) is 12.1 Å². The summed E-state index contributed by atoms with van der Waals surface area (Å²) in [5.74, 6) is 0.894. The van der Waals surface area contributed by atoms with Crippen LogP contribution in [0.5, 0.6) is 11.5 Å². The van der Waals surface area contributed by atoms with Gasteiger partial charge >= 0.3 is 6.61 Å². The zero-order valence-corrected chi connectivity index (χ0v) is 16.2. The Labute approximate surface area is 164 Å². The predicted molar refractivity (Wildman–Crippen MR) is 104 cm³/mol. The SMILES string of the molecule is CCOc1ccc(CN(C)CC(=O)NCCc2ccc(OC(F)F)cc2)cc1. The van der Waals surface area contributed by atoms with Crippen LogP contribution in [-0.2, 0) is 17.8 Å². The second kappa shape index (κ2) is 11.2. The van der Waals surface area contributed by atoms with Gasteiger partial charge in [-0.15, -0.1) is 0 Å². The Bertz CT molecular complexity index is 721. The molecule has 0 spiro atoms. The first-order valence-electron chi connectivity index (χ1n) is 9.17. The summed E-state index contributed by atoms with van der Waals surface area (Å²) in [4.78, 5) is 14.0. The summed E-state index contributed by atoms with van der Waals surface area (Å²) in [7, 11) is 1.89. The van der Waals surface area contributed by atoms with E-state index in [1.165, 1.54) is 12.1 Å². The fourth-order valence-corrected chi connectivity index (χ4v) is 2.71. The molecule has 0 heterocycles. The standard InChI is InChI=1S/C21H26F2N2O3/c1-3-27-18-8-6-17(7-9-18)14-25(2)15-20(26)24-13-12-16-4-10-19(11-5-16)28-21(22)23/h4-11,21H,3,12-15H2,1-2H3,(H,24,26). The highest BCUT2D eigenvalue weighted by atomic mass is 19.3. The summed E-state index contributed by atoms with van der Waals surface area (Å²) < 4.78 is 34.0. The topological polar surface area (TPSA) is 50.8 Å². The maximum atomic E-state index is 12.1. The van der Waals surface area contributed by atoms with Crippen LogP contribution in [0.4, 0.5) is 8.78 Å². The average molecular weight is 392 g/mol. The van der Waals surface area contributed by atoms with Crippen molar-refractivity contribution in [2.45, 2.75) is 26.5 Å². The van der Waals surface area contributed by atoms with Gasteiger partial charge in [0.05, 0.1) is 13.2 Å². The van der Waals surface area contributed by atoms with E-state index in [0.29, 0.717) is 26.1 Å². The number of likely N-dealkylation sites (N-methyl/N-ethyl adjacent to an activating group) is 1. The molecular weight excluding hydrogens is 366 g/mol. The molecule has 2 rings (SSSR count). The van der Waals surface area contributed by atoms with Crippen LogP contribution in [0.25, 0.3) is 0 Å². The fourth-order valence-electron chi connectivity index (χ4n) is 2.71. The minimum Gasteiger partial charge on any atom is -0.494 e. The van der Waals surface area contributed by atoms with Crippen molar-refractivity contribution in [1.29, 1.82) is 0 Å². The number of carbonyl (C=O) groups is 1. The minimum absolute atomic E-state index is 0.0638. The monoisotopic (exact) mass is 392 g/mol. The predicted octanol–water partition coefficient (Wildman–Crippen LogP) is 3.48. The van der Waals surface area contributed by atoms with E-state index in [9.17, 15) is 13.6 Å². The van der Waals surface area contributed by atoms with Crippen molar-refractivity contribution in [3.8, 4) is 11.5 Å². The molecule has 152 valence electrons. The Morgan fingerprint density at radius 1 is 1.04 bits per heavy atom. The Morgan fingerprint density at radius 3 is 2.25 bits per heavy atom. The fraction of sp³-hybridized carbons (Fsp3) is 0.381. The molecule has 0 aliphatic rings. The number of ether oxygens (including phenoxy) is 2. The van der Waals surface area contributed by atoms with Gasteiger partial charge in [0.25, 0.3) is 0 Å². The van der Waals surface area contributed by atoms with Crippen LogP contribution in [0.2, 0.25) is 0 Å². The molecule has 2 aromatic carbocycles. The summed E-state index contributed by atoms with van der Waals surface area (Å²) in [6, 6.07) is 14.2. The maximum Gasteiger partial charge on any atom is 0.387 e. The van der Waals surface area contributed by atoms with Gasteiger partial charge < -0.3 is 14.8 Å². The van der Waals surface area contributed by atoms with E-state index >= 15 is 0 Å². The minimum atomic E-state index is -2.83. The largest absolute Gasteiger partial charge is 0.494 e. The van der Waals surface area contributed by atoms with E-state index in [-0.39, 0.29) is 18.2 Å². The number of nitrogens with one attached hydrogen (secondary N) is 1. The third-order valence-electron chi connectivity index (χ3n) is 3.98. The van der Waals surface area contributed by atoms with E-state index in [4.69, 9.17) is 4.74 Å². The van der Waals surface area contributed by atoms with Crippen LogP contribution in [0.15, 0.2) is 48.5 Å². The van der Waals surface area contributed by atoms with Crippen molar-refractivity contribution in [1.82, 2.24) is 10.2 Å². The van der Waals surface area contributed by atoms with E-state index in [2.05, 4.69) is 10.1 Å². The van der Waals surface area contributed by atoms with Crippen LogP contribution >= 0.6 is 0 Å². The maximum absolute atomic E-state index is 12.1. The number of rotatable bonds is 11. The lowest BCUT2D eigenvalue weighted by atomic mass is 10.1. The van der Waals surface area contributed by atoms with Gasteiger partial charge in [0.15, 0.2) is 0 Å². The van der Waals surface area contributed by atoms with Gasteiger partial charge in [-0.25, -0.2) is 0 Å². The van der Waals surface area contributed by atoms with Crippen LogP contribution < -0.4 is 14.8 Å². The number of benzene rings is 2. The lowest BCUT2D eigenvalue weighted by molar-refractivity contribution is -0.122.